The first-order chi connectivity index (χ1) is 12.4. The fourth-order valence-electron chi connectivity index (χ4n) is 2.36. The predicted molar refractivity (Wildman–Crippen MR) is 92.3 cm³/mol. The molecule has 0 spiro atoms. The predicted octanol–water partition coefficient (Wildman–Crippen LogP) is 3.75. The Morgan fingerprint density at radius 2 is 1.80 bits per heavy atom. The molecule has 1 atom stereocenters. The van der Waals surface area contributed by atoms with Gasteiger partial charge < -0.3 is 18.6 Å². The highest BCUT2D eigenvalue weighted by Gasteiger charge is 2.27. The van der Waals surface area contributed by atoms with Gasteiger partial charge in [0.1, 0.15) is 12.4 Å². The van der Waals surface area contributed by atoms with Crippen LogP contribution in [0.3, 0.4) is 0 Å². The van der Waals surface area contributed by atoms with Gasteiger partial charge >= 0.3 is 0 Å². The smallest absolute Gasteiger partial charge is 0.276 e. The fourth-order valence-corrected chi connectivity index (χ4v) is 2.94. The molecule has 0 saturated carbocycles. The van der Waals surface area contributed by atoms with Crippen LogP contribution < -0.4 is 14.2 Å². The zero-order chi connectivity index (χ0) is 16.9. The Labute approximate surface area is 149 Å². The first-order valence-corrected chi connectivity index (χ1v) is 8.89. The number of nitrogens with zero attached hydrogens (tertiary/aromatic N) is 2. The molecule has 3 aromatic rings. The van der Waals surface area contributed by atoms with E-state index in [0.717, 1.165) is 11.5 Å². The summed E-state index contributed by atoms with van der Waals surface area (Å²) in [6.45, 7) is 0.906. The van der Waals surface area contributed by atoms with Gasteiger partial charge in [-0.1, -0.05) is 42.1 Å². The average molecular weight is 356 g/mol. The number of hydrogen-bond acceptors (Lipinski definition) is 7. The van der Waals surface area contributed by atoms with E-state index >= 15 is 0 Å². The van der Waals surface area contributed by atoms with E-state index < -0.39 is 6.10 Å². The molecular weight excluding hydrogens is 340 g/mol. The van der Waals surface area contributed by atoms with E-state index in [1.807, 2.05) is 54.6 Å². The highest BCUT2D eigenvalue weighted by molar-refractivity contribution is 7.99. The van der Waals surface area contributed by atoms with Gasteiger partial charge in [0, 0.05) is 5.75 Å². The summed E-state index contributed by atoms with van der Waals surface area (Å²) >= 11 is 1.45. The van der Waals surface area contributed by atoms with E-state index in [9.17, 15) is 0 Å². The van der Waals surface area contributed by atoms with Crippen LogP contribution in [-0.2, 0) is 0 Å². The number of benzene rings is 2. The van der Waals surface area contributed by atoms with Crippen LogP contribution in [0.1, 0.15) is 12.0 Å². The maximum absolute atomic E-state index is 5.86. The summed E-state index contributed by atoms with van der Waals surface area (Å²) in [6.07, 6.45) is -0.391. The molecule has 2 aromatic carbocycles. The molecule has 0 saturated heterocycles. The maximum Gasteiger partial charge on any atom is 0.276 e. The minimum absolute atomic E-state index is 0.348. The van der Waals surface area contributed by atoms with Gasteiger partial charge in [-0.15, -0.1) is 10.2 Å². The van der Waals surface area contributed by atoms with E-state index in [-0.39, 0.29) is 0 Å². The topological polar surface area (TPSA) is 66.6 Å². The Bertz CT molecular complexity index is 825. The first-order valence-electron chi connectivity index (χ1n) is 7.91. The van der Waals surface area contributed by atoms with Crippen molar-refractivity contribution in [2.45, 2.75) is 11.3 Å². The van der Waals surface area contributed by atoms with Gasteiger partial charge in [0.15, 0.2) is 11.5 Å². The molecule has 7 heteroatoms. The molecular formula is C18H16N2O4S. The van der Waals surface area contributed by atoms with Gasteiger partial charge in [-0.05, 0) is 24.3 Å². The average Bonchev–Trinajstić information content (AvgIpc) is 3.15. The van der Waals surface area contributed by atoms with Gasteiger partial charge in [0.05, 0.1) is 6.61 Å². The van der Waals surface area contributed by atoms with Gasteiger partial charge in [-0.2, -0.15) is 0 Å². The normalized spacial score (nSPS) is 15.8. The van der Waals surface area contributed by atoms with E-state index in [0.29, 0.717) is 35.8 Å². The molecule has 0 aliphatic carbocycles. The molecule has 0 radical (unpaired) electrons. The lowest BCUT2D eigenvalue weighted by Gasteiger charge is -2.23. The van der Waals surface area contributed by atoms with Crippen LogP contribution >= 0.6 is 11.8 Å². The van der Waals surface area contributed by atoms with Crippen molar-refractivity contribution in [1.82, 2.24) is 10.2 Å². The number of ether oxygens (including phenoxy) is 3. The molecule has 25 heavy (non-hydrogen) atoms. The van der Waals surface area contributed by atoms with Crippen LogP contribution in [0.25, 0.3) is 0 Å². The molecule has 128 valence electrons. The number of aromatic nitrogens is 2. The van der Waals surface area contributed by atoms with Crippen molar-refractivity contribution >= 4 is 11.8 Å². The van der Waals surface area contributed by atoms with Crippen molar-refractivity contribution in [1.29, 1.82) is 0 Å². The van der Waals surface area contributed by atoms with Gasteiger partial charge in [-0.3, -0.25) is 0 Å². The molecule has 0 fully saturated rings. The van der Waals surface area contributed by atoms with Gasteiger partial charge in [0.25, 0.3) is 11.1 Å². The Morgan fingerprint density at radius 3 is 2.68 bits per heavy atom. The summed E-state index contributed by atoms with van der Waals surface area (Å²) < 4.78 is 22.8. The quantitative estimate of drug-likeness (QED) is 0.492. The molecule has 4 rings (SSSR count). The molecule has 1 aliphatic rings. The second kappa shape index (κ2) is 7.48. The summed E-state index contributed by atoms with van der Waals surface area (Å²) in [6, 6.07) is 17.2. The number of fused-ring (bicyclic) bond motifs is 1. The van der Waals surface area contributed by atoms with Crippen LogP contribution in [-0.4, -0.2) is 29.2 Å². The highest BCUT2D eigenvalue weighted by atomic mass is 32.2. The summed E-state index contributed by atoms with van der Waals surface area (Å²) in [5.74, 6) is 3.39. The van der Waals surface area contributed by atoms with Gasteiger partial charge in [-0.25, -0.2) is 0 Å². The van der Waals surface area contributed by atoms with Crippen molar-refractivity contribution in [3.63, 3.8) is 0 Å². The molecule has 0 N–H and O–H groups in total. The number of thioether (sulfide) groups is 1. The van der Waals surface area contributed by atoms with E-state index in [1.54, 1.807) is 0 Å². The zero-order valence-electron chi connectivity index (χ0n) is 13.3. The number of hydrogen-bond donors (Lipinski definition) is 0. The fraction of sp³-hybridized carbons (Fsp3) is 0.222. The summed E-state index contributed by atoms with van der Waals surface area (Å²) in [5, 5.41) is 8.61. The zero-order valence-corrected chi connectivity index (χ0v) is 14.1. The van der Waals surface area contributed by atoms with Crippen molar-refractivity contribution in [2.75, 3.05) is 19.0 Å². The van der Waals surface area contributed by atoms with E-state index in [4.69, 9.17) is 18.6 Å². The van der Waals surface area contributed by atoms with Crippen LogP contribution in [0.5, 0.6) is 17.2 Å². The largest absolute Gasteiger partial charge is 0.493 e. The highest BCUT2D eigenvalue weighted by Crippen LogP contribution is 2.35. The third-order valence-corrected chi connectivity index (χ3v) is 4.31. The molecule has 0 bridgehead atoms. The van der Waals surface area contributed by atoms with Crippen molar-refractivity contribution in [2.24, 2.45) is 0 Å². The first kappa shape index (κ1) is 15.8. The van der Waals surface area contributed by atoms with Crippen molar-refractivity contribution < 1.29 is 18.6 Å². The van der Waals surface area contributed by atoms with Crippen molar-refractivity contribution in [3.05, 3.63) is 60.5 Å². The molecule has 0 amide bonds. The van der Waals surface area contributed by atoms with E-state index in [2.05, 4.69) is 10.2 Å². The third kappa shape index (κ3) is 3.88. The standard InChI is InChI=1S/C18H16N2O4S/c1-2-6-13(7-3-1)21-10-11-25-18-20-19-17(24-18)16-12-22-14-8-4-5-9-15(14)23-16/h1-9,16H,10-12H2. The second-order valence-corrected chi connectivity index (χ2v) is 6.33. The minimum atomic E-state index is -0.391. The summed E-state index contributed by atoms with van der Waals surface area (Å²) in [7, 11) is 0. The third-order valence-electron chi connectivity index (χ3n) is 3.53. The SMILES string of the molecule is c1ccc(OCCSc2nnc(C3COc4ccccc4O3)o2)cc1. The lowest BCUT2D eigenvalue weighted by molar-refractivity contribution is 0.0686. The Morgan fingerprint density at radius 1 is 1.00 bits per heavy atom. The molecule has 6 nitrogen and oxygen atoms in total. The summed E-state index contributed by atoms with van der Waals surface area (Å²) in [4.78, 5) is 0. The molecule has 2 heterocycles. The Balaban J connectivity index is 1.29. The van der Waals surface area contributed by atoms with Crippen LogP contribution in [0, 0.1) is 0 Å². The molecule has 1 aliphatic heterocycles. The van der Waals surface area contributed by atoms with Crippen molar-refractivity contribution in [3.8, 4) is 17.2 Å². The second-order valence-electron chi connectivity index (χ2n) is 5.28. The van der Waals surface area contributed by atoms with E-state index in [1.165, 1.54) is 11.8 Å². The lowest BCUT2D eigenvalue weighted by atomic mass is 10.2. The van der Waals surface area contributed by atoms with Crippen LogP contribution in [0.2, 0.25) is 0 Å². The monoisotopic (exact) mass is 356 g/mol. The molecule has 1 unspecified atom stereocenters. The minimum Gasteiger partial charge on any atom is -0.493 e. The number of para-hydroxylation sites is 3. The lowest BCUT2D eigenvalue weighted by Crippen LogP contribution is -2.21. The Kier molecular flexibility index (Phi) is 4.74. The van der Waals surface area contributed by atoms with Gasteiger partial charge in [0.2, 0.25) is 6.10 Å². The van der Waals surface area contributed by atoms with Crippen LogP contribution in [0.4, 0.5) is 0 Å². The number of rotatable bonds is 6. The van der Waals surface area contributed by atoms with Crippen LogP contribution in [0.15, 0.2) is 64.2 Å². The molecule has 1 aromatic heterocycles. The Hall–Kier alpha value is -2.67. The maximum atomic E-state index is 5.86. The summed E-state index contributed by atoms with van der Waals surface area (Å²) in [5.41, 5.74) is 0.